The van der Waals surface area contributed by atoms with Gasteiger partial charge in [0, 0.05) is 23.4 Å². The third kappa shape index (κ3) is 4.27. The van der Waals surface area contributed by atoms with Crippen LogP contribution in [0.15, 0.2) is 5.38 Å². The van der Waals surface area contributed by atoms with E-state index in [0.29, 0.717) is 12.2 Å². The minimum Gasteiger partial charge on any atom is -0.349 e. The summed E-state index contributed by atoms with van der Waals surface area (Å²) in [4.78, 5) is 30.4. The SMILES string of the molecule is CC(C)NC(=O)c1csc(CN(C(=O)C2CC2)C(C)C)n1. The predicted molar refractivity (Wildman–Crippen MR) is 83.1 cm³/mol. The van der Waals surface area contributed by atoms with Crippen LogP contribution in [0.4, 0.5) is 0 Å². The van der Waals surface area contributed by atoms with Crippen molar-refractivity contribution in [2.75, 3.05) is 0 Å². The Kier molecular flexibility index (Phi) is 4.98. The molecule has 6 heteroatoms. The average Bonchev–Trinajstić information content (AvgIpc) is 3.13. The molecule has 1 aromatic heterocycles. The lowest BCUT2D eigenvalue weighted by Crippen LogP contribution is -2.37. The first kappa shape index (κ1) is 15.9. The monoisotopic (exact) mass is 309 g/mol. The van der Waals surface area contributed by atoms with Crippen molar-refractivity contribution in [3.05, 3.63) is 16.1 Å². The molecule has 0 aliphatic heterocycles. The standard InChI is InChI=1S/C15H23N3O2S/c1-9(2)16-14(19)12-8-21-13(17-12)7-18(10(3)4)15(20)11-5-6-11/h8-11H,5-7H2,1-4H3,(H,16,19). The lowest BCUT2D eigenvalue weighted by molar-refractivity contribution is -0.134. The van der Waals surface area contributed by atoms with Gasteiger partial charge in [-0.05, 0) is 40.5 Å². The van der Waals surface area contributed by atoms with Gasteiger partial charge in [-0.15, -0.1) is 11.3 Å². The molecule has 1 N–H and O–H groups in total. The van der Waals surface area contributed by atoms with E-state index in [4.69, 9.17) is 0 Å². The zero-order chi connectivity index (χ0) is 15.6. The van der Waals surface area contributed by atoms with Crippen molar-refractivity contribution in [1.82, 2.24) is 15.2 Å². The maximum Gasteiger partial charge on any atom is 0.270 e. The van der Waals surface area contributed by atoms with Gasteiger partial charge in [-0.1, -0.05) is 0 Å². The van der Waals surface area contributed by atoms with Crippen molar-refractivity contribution in [1.29, 1.82) is 0 Å². The molecule has 0 aromatic carbocycles. The summed E-state index contributed by atoms with van der Waals surface area (Å²) in [6.45, 7) is 8.35. The average molecular weight is 309 g/mol. The van der Waals surface area contributed by atoms with Gasteiger partial charge in [0.2, 0.25) is 5.91 Å². The Bertz CT molecular complexity index is 521. The van der Waals surface area contributed by atoms with Gasteiger partial charge in [-0.25, -0.2) is 4.98 Å². The highest BCUT2D eigenvalue weighted by atomic mass is 32.1. The molecule has 1 aromatic rings. The second-order valence-corrected chi connectivity index (χ2v) is 7.03. The van der Waals surface area contributed by atoms with E-state index in [1.165, 1.54) is 11.3 Å². The Balaban J connectivity index is 2.02. The number of amides is 2. The molecule has 0 radical (unpaired) electrons. The van der Waals surface area contributed by atoms with Gasteiger partial charge in [0.25, 0.3) is 5.91 Å². The zero-order valence-corrected chi connectivity index (χ0v) is 13.9. The van der Waals surface area contributed by atoms with Crippen LogP contribution in [0.25, 0.3) is 0 Å². The number of rotatable bonds is 6. The van der Waals surface area contributed by atoms with E-state index in [1.54, 1.807) is 5.38 Å². The first-order chi connectivity index (χ1) is 9.88. The Labute approximate surface area is 129 Å². The maximum absolute atomic E-state index is 12.3. The molecule has 1 aliphatic rings. The minimum atomic E-state index is -0.155. The fraction of sp³-hybridized carbons (Fsp3) is 0.667. The summed E-state index contributed by atoms with van der Waals surface area (Å²) in [5, 5.41) is 5.39. The Morgan fingerprint density at radius 1 is 1.38 bits per heavy atom. The van der Waals surface area contributed by atoms with Crippen LogP contribution in [0, 0.1) is 5.92 Å². The second kappa shape index (κ2) is 6.56. The summed E-state index contributed by atoms with van der Waals surface area (Å²) in [5.41, 5.74) is 0.436. The molecule has 5 nitrogen and oxygen atoms in total. The Hall–Kier alpha value is -1.43. The van der Waals surface area contributed by atoms with Crippen LogP contribution in [0.1, 0.15) is 56.0 Å². The highest BCUT2D eigenvalue weighted by molar-refractivity contribution is 7.09. The molecule has 0 unspecified atom stereocenters. The van der Waals surface area contributed by atoms with E-state index in [2.05, 4.69) is 10.3 Å². The molecule has 1 aliphatic carbocycles. The number of aromatic nitrogens is 1. The number of carbonyl (C=O) groups excluding carboxylic acids is 2. The molecule has 0 atom stereocenters. The molecular weight excluding hydrogens is 286 g/mol. The van der Waals surface area contributed by atoms with Crippen LogP contribution < -0.4 is 5.32 Å². The van der Waals surface area contributed by atoms with Gasteiger partial charge < -0.3 is 10.2 Å². The highest BCUT2D eigenvalue weighted by Gasteiger charge is 2.34. The van der Waals surface area contributed by atoms with Crippen LogP contribution in [0.5, 0.6) is 0 Å². The molecule has 2 amide bonds. The Morgan fingerprint density at radius 3 is 2.57 bits per heavy atom. The number of nitrogens with zero attached hydrogens (tertiary/aromatic N) is 2. The van der Waals surface area contributed by atoms with E-state index in [1.807, 2.05) is 32.6 Å². The van der Waals surface area contributed by atoms with Crippen molar-refractivity contribution in [2.24, 2.45) is 5.92 Å². The molecule has 0 spiro atoms. The minimum absolute atomic E-state index is 0.0891. The molecular formula is C15H23N3O2S. The van der Waals surface area contributed by atoms with Gasteiger partial charge in [0.05, 0.1) is 6.54 Å². The normalized spacial score (nSPS) is 14.6. The summed E-state index contributed by atoms with van der Waals surface area (Å²) in [5.74, 6) is 0.265. The summed E-state index contributed by atoms with van der Waals surface area (Å²) in [6.07, 6.45) is 2.00. The van der Waals surface area contributed by atoms with Gasteiger partial charge in [-0.2, -0.15) is 0 Å². The van der Waals surface area contributed by atoms with Crippen LogP contribution >= 0.6 is 11.3 Å². The molecule has 1 fully saturated rings. The molecule has 2 rings (SSSR count). The van der Waals surface area contributed by atoms with E-state index < -0.39 is 0 Å². The number of nitrogens with one attached hydrogen (secondary N) is 1. The first-order valence-electron chi connectivity index (χ1n) is 7.44. The number of hydrogen-bond donors (Lipinski definition) is 1. The van der Waals surface area contributed by atoms with Crippen molar-refractivity contribution in [3.63, 3.8) is 0 Å². The van der Waals surface area contributed by atoms with Crippen molar-refractivity contribution in [2.45, 2.75) is 59.2 Å². The van der Waals surface area contributed by atoms with Crippen molar-refractivity contribution in [3.8, 4) is 0 Å². The summed E-state index contributed by atoms with van der Waals surface area (Å²) >= 11 is 1.43. The van der Waals surface area contributed by atoms with Gasteiger partial charge >= 0.3 is 0 Å². The highest BCUT2D eigenvalue weighted by Crippen LogP contribution is 2.32. The van der Waals surface area contributed by atoms with Crippen LogP contribution in [0.2, 0.25) is 0 Å². The van der Waals surface area contributed by atoms with E-state index in [-0.39, 0.29) is 29.8 Å². The number of thiazole rings is 1. The fourth-order valence-electron chi connectivity index (χ4n) is 2.05. The van der Waals surface area contributed by atoms with Gasteiger partial charge in [-0.3, -0.25) is 9.59 Å². The molecule has 0 saturated heterocycles. The summed E-state index contributed by atoms with van der Waals surface area (Å²) in [7, 11) is 0. The molecule has 0 bridgehead atoms. The third-order valence-electron chi connectivity index (χ3n) is 3.34. The molecule has 21 heavy (non-hydrogen) atoms. The van der Waals surface area contributed by atoms with E-state index in [0.717, 1.165) is 17.8 Å². The number of hydrogen-bond acceptors (Lipinski definition) is 4. The van der Waals surface area contributed by atoms with E-state index >= 15 is 0 Å². The van der Waals surface area contributed by atoms with Crippen LogP contribution in [0.3, 0.4) is 0 Å². The zero-order valence-electron chi connectivity index (χ0n) is 13.0. The Morgan fingerprint density at radius 2 is 2.05 bits per heavy atom. The molecule has 116 valence electrons. The van der Waals surface area contributed by atoms with Gasteiger partial charge in [0.1, 0.15) is 10.7 Å². The lowest BCUT2D eigenvalue weighted by Gasteiger charge is -2.25. The summed E-state index contributed by atoms with van der Waals surface area (Å²) < 4.78 is 0. The van der Waals surface area contributed by atoms with Crippen molar-refractivity contribution >= 4 is 23.2 Å². The molecule has 1 saturated carbocycles. The van der Waals surface area contributed by atoms with Crippen molar-refractivity contribution < 1.29 is 9.59 Å². The topological polar surface area (TPSA) is 62.3 Å². The van der Waals surface area contributed by atoms with Gasteiger partial charge in [0.15, 0.2) is 0 Å². The predicted octanol–water partition coefficient (Wildman–Crippen LogP) is 2.43. The third-order valence-corrected chi connectivity index (χ3v) is 4.18. The van der Waals surface area contributed by atoms with Crippen LogP contribution in [-0.2, 0) is 11.3 Å². The van der Waals surface area contributed by atoms with E-state index in [9.17, 15) is 9.59 Å². The maximum atomic E-state index is 12.3. The molecule has 1 heterocycles. The largest absolute Gasteiger partial charge is 0.349 e. The van der Waals surface area contributed by atoms with Crippen LogP contribution in [-0.4, -0.2) is 33.8 Å². The lowest BCUT2D eigenvalue weighted by atomic mass is 10.2. The second-order valence-electron chi connectivity index (χ2n) is 6.09. The summed E-state index contributed by atoms with van der Waals surface area (Å²) in [6, 6.07) is 0.237. The first-order valence-corrected chi connectivity index (χ1v) is 8.32. The smallest absolute Gasteiger partial charge is 0.270 e. The quantitative estimate of drug-likeness (QED) is 0.878. The fourth-order valence-corrected chi connectivity index (χ4v) is 2.82. The number of carbonyl (C=O) groups is 2.